The summed E-state index contributed by atoms with van der Waals surface area (Å²) < 4.78 is 0. The quantitative estimate of drug-likeness (QED) is 0.798. The van der Waals surface area contributed by atoms with Crippen molar-refractivity contribution in [3.8, 4) is 0 Å². The SMILES string of the molecule is Cc1ccc(NC(=O)[C@@H]2[C@@H](C(=O)Nc3ccc(C)cc3)[C@@H]3C=C[C@@H]2C3)cc1. The second-order valence-electron chi connectivity index (χ2n) is 7.71. The van der Waals surface area contributed by atoms with E-state index >= 15 is 0 Å². The molecule has 0 spiro atoms. The van der Waals surface area contributed by atoms with E-state index in [4.69, 9.17) is 0 Å². The molecular formula is C23H24N2O2. The third-order valence-electron chi connectivity index (χ3n) is 5.70. The third-order valence-corrected chi connectivity index (χ3v) is 5.70. The summed E-state index contributed by atoms with van der Waals surface area (Å²) in [5.74, 6) is -0.526. The fourth-order valence-electron chi connectivity index (χ4n) is 4.26. The molecule has 2 bridgehead atoms. The Kier molecular flexibility index (Phi) is 4.56. The van der Waals surface area contributed by atoms with Gasteiger partial charge in [-0.2, -0.15) is 0 Å². The maximum Gasteiger partial charge on any atom is 0.228 e. The molecule has 4 nitrogen and oxygen atoms in total. The van der Waals surface area contributed by atoms with Crippen molar-refractivity contribution < 1.29 is 9.59 Å². The number of carbonyl (C=O) groups excluding carboxylic acids is 2. The molecular weight excluding hydrogens is 336 g/mol. The Morgan fingerprint density at radius 1 is 0.704 bits per heavy atom. The first-order chi connectivity index (χ1) is 13.0. The number of hydrogen-bond acceptors (Lipinski definition) is 2. The molecule has 1 saturated carbocycles. The lowest BCUT2D eigenvalue weighted by Gasteiger charge is -2.26. The third kappa shape index (κ3) is 3.52. The first-order valence-corrected chi connectivity index (χ1v) is 9.44. The number of allylic oxidation sites excluding steroid dienone is 2. The average Bonchev–Trinajstić information content (AvgIpc) is 3.27. The van der Waals surface area contributed by atoms with Gasteiger partial charge in [-0.1, -0.05) is 47.5 Å². The molecule has 0 saturated heterocycles. The van der Waals surface area contributed by atoms with Crippen LogP contribution in [0.25, 0.3) is 0 Å². The van der Waals surface area contributed by atoms with Gasteiger partial charge in [0.2, 0.25) is 11.8 Å². The van der Waals surface area contributed by atoms with Gasteiger partial charge in [0.15, 0.2) is 0 Å². The number of amides is 2. The zero-order chi connectivity index (χ0) is 19.0. The minimum absolute atomic E-state index is 0.0697. The van der Waals surface area contributed by atoms with Crippen LogP contribution in [0.1, 0.15) is 17.5 Å². The van der Waals surface area contributed by atoms with E-state index in [1.807, 2.05) is 62.4 Å². The molecule has 138 valence electrons. The van der Waals surface area contributed by atoms with Crippen LogP contribution in [0.5, 0.6) is 0 Å². The zero-order valence-electron chi connectivity index (χ0n) is 15.6. The van der Waals surface area contributed by atoms with Crippen LogP contribution >= 0.6 is 0 Å². The van der Waals surface area contributed by atoms with Gasteiger partial charge in [-0.05, 0) is 56.4 Å². The number of hydrogen-bond donors (Lipinski definition) is 2. The fraction of sp³-hybridized carbons (Fsp3) is 0.304. The molecule has 2 aliphatic carbocycles. The Balaban J connectivity index is 1.51. The highest BCUT2D eigenvalue weighted by atomic mass is 16.2. The highest BCUT2D eigenvalue weighted by Gasteiger charge is 2.51. The molecule has 2 aromatic carbocycles. The molecule has 27 heavy (non-hydrogen) atoms. The molecule has 0 unspecified atom stereocenters. The van der Waals surface area contributed by atoms with Crippen molar-refractivity contribution in [3.63, 3.8) is 0 Å². The average molecular weight is 360 g/mol. The van der Waals surface area contributed by atoms with E-state index in [-0.39, 0.29) is 35.5 Å². The topological polar surface area (TPSA) is 58.2 Å². The van der Waals surface area contributed by atoms with Gasteiger partial charge < -0.3 is 10.6 Å². The Morgan fingerprint density at radius 2 is 1.07 bits per heavy atom. The second kappa shape index (κ2) is 7.03. The van der Waals surface area contributed by atoms with E-state index in [0.29, 0.717) is 0 Å². The normalized spacial score (nSPS) is 25.4. The maximum atomic E-state index is 13.0. The van der Waals surface area contributed by atoms with Crippen molar-refractivity contribution in [2.75, 3.05) is 10.6 Å². The lowest BCUT2D eigenvalue weighted by Crippen LogP contribution is -2.39. The highest BCUT2D eigenvalue weighted by molar-refractivity contribution is 6.01. The molecule has 0 aromatic heterocycles. The Morgan fingerprint density at radius 3 is 1.44 bits per heavy atom. The number of nitrogens with one attached hydrogen (secondary N) is 2. The standard InChI is InChI=1S/C23H24N2O2/c1-14-3-9-18(10-4-14)24-22(26)20-16-7-8-17(13-16)21(20)23(27)25-19-11-5-15(2)6-12-19/h3-12,16-17,20-21H,13H2,1-2H3,(H,24,26)(H,25,27)/t16-,17-,20+,21+/m1/s1. The summed E-state index contributed by atoms with van der Waals surface area (Å²) in [6.07, 6.45) is 5.07. The molecule has 1 fully saturated rings. The van der Waals surface area contributed by atoms with Gasteiger partial charge in [-0.3, -0.25) is 9.59 Å². The predicted octanol–water partition coefficient (Wildman–Crippen LogP) is 4.32. The molecule has 2 aliphatic rings. The van der Waals surface area contributed by atoms with Gasteiger partial charge in [0, 0.05) is 11.4 Å². The van der Waals surface area contributed by atoms with E-state index in [1.54, 1.807) is 0 Å². The van der Waals surface area contributed by atoms with Crippen molar-refractivity contribution in [2.24, 2.45) is 23.7 Å². The molecule has 4 atom stereocenters. The number of benzene rings is 2. The molecule has 0 heterocycles. The van der Waals surface area contributed by atoms with Crippen molar-refractivity contribution in [1.29, 1.82) is 0 Å². The molecule has 0 aliphatic heterocycles. The summed E-state index contributed by atoms with van der Waals surface area (Å²) in [6, 6.07) is 15.5. The summed E-state index contributed by atoms with van der Waals surface area (Å²) in [5, 5.41) is 6.00. The van der Waals surface area contributed by atoms with E-state index in [9.17, 15) is 9.59 Å². The molecule has 2 aromatic rings. The number of rotatable bonds is 4. The van der Waals surface area contributed by atoms with Crippen molar-refractivity contribution in [3.05, 3.63) is 71.8 Å². The number of aryl methyl sites for hydroxylation is 2. The first kappa shape index (κ1) is 17.5. The summed E-state index contributed by atoms with van der Waals surface area (Å²) in [7, 11) is 0. The fourth-order valence-corrected chi connectivity index (χ4v) is 4.26. The van der Waals surface area contributed by atoms with Crippen molar-refractivity contribution in [2.45, 2.75) is 20.3 Å². The number of carbonyl (C=O) groups is 2. The first-order valence-electron chi connectivity index (χ1n) is 9.44. The molecule has 2 amide bonds. The zero-order valence-corrected chi connectivity index (χ0v) is 15.6. The highest BCUT2D eigenvalue weighted by Crippen LogP contribution is 2.48. The summed E-state index contributed by atoms with van der Waals surface area (Å²) >= 11 is 0. The monoisotopic (exact) mass is 360 g/mol. The summed E-state index contributed by atoms with van der Waals surface area (Å²) in [5.41, 5.74) is 3.84. The maximum absolute atomic E-state index is 13.0. The minimum atomic E-state index is -0.327. The van der Waals surface area contributed by atoms with Gasteiger partial charge in [0.25, 0.3) is 0 Å². The van der Waals surface area contributed by atoms with Crippen LogP contribution in [0.2, 0.25) is 0 Å². The van der Waals surface area contributed by atoms with Crippen molar-refractivity contribution >= 4 is 23.2 Å². The second-order valence-corrected chi connectivity index (χ2v) is 7.71. The Hall–Kier alpha value is -2.88. The van der Waals surface area contributed by atoms with Crippen LogP contribution in [-0.2, 0) is 9.59 Å². The van der Waals surface area contributed by atoms with E-state index in [0.717, 1.165) is 28.9 Å². The van der Waals surface area contributed by atoms with Crippen LogP contribution in [0.4, 0.5) is 11.4 Å². The van der Waals surface area contributed by atoms with Crippen LogP contribution in [0.3, 0.4) is 0 Å². The Labute approximate surface area is 159 Å². The van der Waals surface area contributed by atoms with Crippen LogP contribution in [0, 0.1) is 37.5 Å². The van der Waals surface area contributed by atoms with Crippen LogP contribution in [0.15, 0.2) is 60.7 Å². The minimum Gasteiger partial charge on any atom is -0.326 e. The van der Waals surface area contributed by atoms with Crippen LogP contribution < -0.4 is 10.6 Å². The van der Waals surface area contributed by atoms with E-state index in [1.165, 1.54) is 0 Å². The molecule has 0 radical (unpaired) electrons. The number of anilines is 2. The predicted molar refractivity (Wildman–Crippen MR) is 107 cm³/mol. The van der Waals surface area contributed by atoms with E-state index < -0.39 is 0 Å². The summed E-state index contributed by atoms with van der Waals surface area (Å²) in [6.45, 7) is 4.02. The summed E-state index contributed by atoms with van der Waals surface area (Å²) in [4.78, 5) is 26.0. The van der Waals surface area contributed by atoms with Gasteiger partial charge >= 0.3 is 0 Å². The lowest BCUT2D eigenvalue weighted by molar-refractivity contribution is -0.129. The molecule has 2 N–H and O–H groups in total. The lowest BCUT2D eigenvalue weighted by atomic mass is 9.81. The molecule has 4 rings (SSSR count). The molecule has 4 heteroatoms. The van der Waals surface area contributed by atoms with Gasteiger partial charge in [0.1, 0.15) is 0 Å². The van der Waals surface area contributed by atoms with Crippen molar-refractivity contribution in [1.82, 2.24) is 0 Å². The van der Waals surface area contributed by atoms with Gasteiger partial charge in [-0.25, -0.2) is 0 Å². The Bertz CT molecular complexity index is 810. The van der Waals surface area contributed by atoms with Gasteiger partial charge in [-0.15, -0.1) is 0 Å². The smallest absolute Gasteiger partial charge is 0.228 e. The largest absolute Gasteiger partial charge is 0.326 e. The number of fused-ring (bicyclic) bond motifs is 2. The van der Waals surface area contributed by atoms with Gasteiger partial charge in [0.05, 0.1) is 11.8 Å². The van der Waals surface area contributed by atoms with Crippen LogP contribution in [-0.4, -0.2) is 11.8 Å². The van der Waals surface area contributed by atoms with E-state index in [2.05, 4.69) is 22.8 Å².